The second kappa shape index (κ2) is 7.20. The Balaban J connectivity index is 2.37. The maximum atomic E-state index is 11.5. The Morgan fingerprint density at radius 2 is 2.05 bits per heavy atom. The van der Waals surface area contributed by atoms with Gasteiger partial charge in [-0.2, -0.15) is 0 Å². The average Bonchev–Trinajstić information content (AvgIpc) is 3.04. The first-order valence-corrected chi connectivity index (χ1v) is 7.81. The zero-order valence-electron chi connectivity index (χ0n) is 13.3. The molecule has 1 unspecified atom stereocenters. The molecule has 0 spiro atoms. The van der Waals surface area contributed by atoms with Crippen LogP contribution >= 0.6 is 11.6 Å². The van der Waals surface area contributed by atoms with E-state index in [4.69, 9.17) is 22.1 Å². The van der Waals surface area contributed by atoms with E-state index in [1.165, 1.54) is 20.0 Å². The fourth-order valence-corrected chi connectivity index (χ4v) is 3.26. The van der Waals surface area contributed by atoms with Crippen molar-refractivity contribution in [1.29, 1.82) is 0 Å². The lowest BCUT2D eigenvalue weighted by atomic mass is 9.99. The van der Waals surface area contributed by atoms with Crippen LogP contribution in [0.4, 0.5) is 5.69 Å². The van der Waals surface area contributed by atoms with E-state index < -0.39 is 12.0 Å². The lowest BCUT2D eigenvalue weighted by molar-refractivity contribution is -0.142. The van der Waals surface area contributed by atoms with Crippen LogP contribution in [0.1, 0.15) is 24.0 Å². The first-order chi connectivity index (χ1) is 10.5. The molecule has 0 aromatic heterocycles. The molecule has 6 heteroatoms. The quantitative estimate of drug-likeness (QED) is 0.841. The van der Waals surface area contributed by atoms with Gasteiger partial charge in [0.2, 0.25) is 0 Å². The van der Waals surface area contributed by atoms with Crippen LogP contribution in [0, 0.1) is 6.92 Å². The lowest BCUT2D eigenvalue weighted by Gasteiger charge is -2.24. The van der Waals surface area contributed by atoms with Gasteiger partial charge in [-0.1, -0.05) is 11.6 Å². The third-order valence-corrected chi connectivity index (χ3v) is 4.49. The van der Waals surface area contributed by atoms with E-state index in [2.05, 4.69) is 9.64 Å². The highest BCUT2D eigenvalue weighted by molar-refractivity contribution is 6.32. The van der Waals surface area contributed by atoms with Gasteiger partial charge in [-0.25, -0.2) is 0 Å². The number of carbonyl (C=O) groups is 1. The molecule has 1 atom stereocenters. The standard InChI is InChI=1S/C16H23ClN2O3/c1-10-11(8-13(18)16(20)22-3)12(17)9-14(15(10)21-2)19-6-4-5-7-19/h9,13H,4-8,18H2,1-3H3. The van der Waals surface area contributed by atoms with Gasteiger partial charge in [-0.15, -0.1) is 0 Å². The van der Waals surface area contributed by atoms with Crippen LogP contribution in [-0.4, -0.2) is 39.3 Å². The van der Waals surface area contributed by atoms with Gasteiger partial charge in [0.05, 0.1) is 19.9 Å². The van der Waals surface area contributed by atoms with Crippen LogP contribution < -0.4 is 15.4 Å². The van der Waals surface area contributed by atoms with E-state index in [-0.39, 0.29) is 0 Å². The van der Waals surface area contributed by atoms with Crippen LogP contribution in [0.5, 0.6) is 5.75 Å². The fourth-order valence-electron chi connectivity index (χ4n) is 2.94. The first-order valence-electron chi connectivity index (χ1n) is 7.44. The minimum absolute atomic E-state index is 0.327. The maximum absolute atomic E-state index is 11.5. The number of carbonyl (C=O) groups excluding carboxylic acids is 1. The van der Waals surface area contributed by atoms with Crippen molar-refractivity contribution in [2.75, 3.05) is 32.2 Å². The fraction of sp³-hybridized carbons (Fsp3) is 0.562. The summed E-state index contributed by atoms with van der Waals surface area (Å²) in [6, 6.07) is 1.18. The maximum Gasteiger partial charge on any atom is 0.322 e. The number of anilines is 1. The molecular formula is C16H23ClN2O3. The van der Waals surface area contributed by atoms with Crippen molar-refractivity contribution in [3.63, 3.8) is 0 Å². The molecule has 22 heavy (non-hydrogen) atoms. The summed E-state index contributed by atoms with van der Waals surface area (Å²) in [5.41, 5.74) is 8.64. The number of hydrogen-bond acceptors (Lipinski definition) is 5. The number of methoxy groups -OCH3 is 2. The Labute approximate surface area is 136 Å². The monoisotopic (exact) mass is 326 g/mol. The second-order valence-electron chi connectivity index (χ2n) is 5.54. The molecule has 2 rings (SSSR count). The number of esters is 1. The molecule has 0 aliphatic carbocycles. The minimum Gasteiger partial charge on any atom is -0.494 e. The molecule has 0 bridgehead atoms. The predicted octanol–water partition coefficient (Wildman–Crippen LogP) is 2.30. The highest BCUT2D eigenvalue weighted by Crippen LogP contribution is 2.39. The summed E-state index contributed by atoms with van der Waals surface area (Å²) in [4.78, 5) is 13.8. The normalized spacial score (nSPS) is 15.8. The van der Waals surface area contributed by atoms with E-state index in [0.29, 0.717) is 11.4 Å². The molecule has 1 aromatic rings. The third-order valence-electron chi connectivity index (χ3n) is 4.16. The molecule has 5 nitrogen and oxygen atoms in total. The Hall–Kier alpha value is -1.46. The third kappa shape index (κ3) is 3.31. The molecule has 1 aliphatic rings. The summed E-state index contributed by atoms with van der Waals surface area (Å²) < 4.78 is 10.3. The van der Waals surface area contributed by atoms with Crippen LogP contribution in [-0.2, 0) is 16.0 Å². The van der Waals surface area contributed by atoms with E-state index >= 15 is 0 Å². The number of nitrogens with zero attached hydrogens (tertiary/aromatic N) is 1. The minimum atomic E-state index is -0.733. The number of halogens is 1. The van der Waals surface area contributed by atoms with Gasteiger partial charge in [0.1, 0.15) is 11.8 Å². The van der Waals surface area contributed by atoms with Crippen LogP contribution in [0.25, 0.3) is 0 Å². The van der Waals surface area contributed by atoms with E-state index in [9.17, 15) is 4.79 Å². The zero-order chi connectivity index (χ0) is 16.3. The Bertz CT molecular complexity index is 557. The van der Waals surface area contributed by atoms with Gasteiger partial charge in [0, 0.05) is 24.5 Å². The Kier molecular flexibility index (Phi) is 5.53. The summed E-state index contributed by atoms with van der Waals surface area (Å²) in [5, 5.41) is 0.611. The molecule has 1 saturated heterocycles. The van der Waals surface area contributed by atoms with Gasteiger partial charge >= 0.3 is 5.97 Å². The summed E-state index contributed by atoms with van der Waals surface area (Å²) >= 11 is 6.44. The van der Waals surface area contributed by atoms with E-state index in [0.717, 1.165) is 35.7 Å². The SMILES string of the molecule is COC(=O)C(N)Cc1c(Cl)cc(N2CCCC2)c(OC)c1C. The largest absolute Gasteiger partial charge is 0.494 e. The molecular weight excluding hydrogens is 304 g/mol. The molecule has 122 valence electrons. The smallest absolute Gasteiger partial charge is 0.322 e. The second-order valence-corrected chi connectivity index (χ2v) is 5.95. The number of rotatable bonds is 5. The van der Waals surface area contributed by atoms with E-state index in [1.54, 1.807) is 7.11 Å². The summed E-state index contributed by atoms with van der Waals surface area (Å²) in [7, 11) is 2.98. The number of ether oxygens (including phenoxy) is 2. The molecule has 1 aromatic carbocycles. The zero-order valence-corrected chi connectivity index (χ0v) is 14.1. The first kappa shape index (κ1) is 16.9. The topological polar surface area (TPSA) is 64.8 Å². The molecule has 2 N–H and O–H groups in total. The van der Waals surface area contributed by atoms with Crippen molar-refractivity contribution in [2.45, 2.75) is 32.2 Å². The highest BCUT2D eigenvalue weighted by atomic mass is 35.5. The summed E-state index contributed by atoms with van der Waals surface area (Å²) in [5.74, 6) is 0.358. The van der Waals surface area contributed by atoms with Crippen molar-refractivity contribution >= 4 is 23.3 Å². The van der Waals surface area contributed by atoms with Gasteiger partial charge in [-0.05, 0) is 37.0 Å². The van der Waals surface area contributed by atoms with Gasteiger partial charge < -0.3 is 20.1 Å². The number of benzene rings is 1. The number of nitrogens with two attached hydrogens (primary N) is 1. The lowest BCUT2D eigenvalue weighted by Crippen LogP contribution is -2.34. The van der Waals surface area contributed by atoms with Crippen molar-refractivity contribution in [3.05, 3.63) is 22.2 Å². The van der Waals surface area contributed by atoms with Crippen LogP contribution in [0.3, 0.4) is 0 Å². The Morgan fingerprint density at radius 3 is 2.59 bits per heavy atom. The molecule has 1 fully saturated rings. The van der Waals surface area contributed by atoms with Crippen molar-refractivity contribution < 1.29 is 14.3 Å². The van der Waals surface area contributed by atoms with E-state index in [1.807, 2.05) is 13.0 Å². The molecule has 1 aliphatic heterocycles. The number of hydrogen-bond donors (Lipinski definition) is 1. The summed E-state index contributed by atoms with van der Waals surface area (Å²) in [6.07, 6.45) is 2.68. The van der Waals surface area contributed by atoms with Crippen LogP contribution in [0.2, 0.25) is 5.02 Å². The Morgan fingerprint density at radius 1 is 1.41 bits per heavy atom. The average molecular weight is 327 g/mol. The molecule has 1 heterocycles. The van der Waals surface area contributed by atoms with Gasteiger partial charge in [0.15, 0.2) is 0 Å². The molecule has 0 saturated carbocycles. The predicted molar refractivity (Wildman–Crippen MR) is 87.9 cm³/mol. The van der Waals surface area contributed by atoms with Crippen molar-refractivity contribution in [3.8, 4) is 5.75 Å². The highest BCUT2D eigenvalue weighted by Gasteiger charge is 2.24. The summed E-state index contributed by atoms with van der Waals surface area (Å²) in [6.45, 7) is 3.96. The van der Waals surface area contributed by atoms with Crippen LogP contribution in [0.15, 0.2) is 6.07 Å². The van der Waals surface area contributed by atoms with Crippen molar-refractivity contribution in [1.82, 2.24) is 0 Å². The molecule has 0 amide bonds. The molecule has 0 radical (unpaired) electrons. The van der Waals surface area contributed by atoms with Gasteiger partial charge in [0.25, 0.3) is 0 Å². The van der Waals surface area contributed by atoms with Gasteiger partial charge in [-0.3, -0.25) is 4.79 Å². The van der Waals surface area contributed by atoms with Crippen molar-refractivity contribution in [2.24, 2.45) is 5.73 Å².